The van der Waals surface area contributed by atoms with Crippen molar-refractivity contribution in [3.8, 4) is 0 Å². The van der Waals surface area contributed by atoms with Gasteiger partial charge in [0.05, 0.1) is 6.04 Å². The fourth-order valence-electron chi connectivity index (χ4n) is 4.83. The van der Waals surface area contributed by atoms with Crippen LogP contribution in [0.4, 0.5) is 0 Å². The second kappa shape index (κ2) is 12.4. The summed E-state index contributed by atoms with van der Waals surface area (Å²) in [7, 11) is 0. The van der Waals surface area contributed by atoms with E-state index < -0.39 is 18.1 Å². The number of carbonyl (C=O) groups is 4. The molecule has 0 aromatic rings. The summed E-state index contributed by atoms with van der Waals surface area (Å²) >= 11 is 0. The highest BCUT2D eigenvalue weighted by atomic mass is 16.2. The SMILES string of the molecule is CC(=O)N[C@@H](C)C(=O)N1CCC[C@H]1C(=O)N(C1CCCCC1)[C@H](C=O)CCCN=C(N)N. The Morgan fingerprint density at radius 3 is 2.44 bits per heavy atom. The minimum absolute atomic E-state index is 0.00117. The normalized spacial score (nSPS) is 20.8. The second-order valence-corrected chi connectivity index (χ2v) is 8.80. The number of nitrogens with two attached hydrogens (primary N) is 2. The number of likely N-dealkylation sites (tertiary alicyclic amines) is 1. The van der Waals surface area contributed by atoms with Crippen LogP contribution in [0.15, 0.2) is 4.99 Å². The molecule has 0 unspecified atom stereocenters. The fourth-order valence-corrected chi connectivity index (χ4v) is 4.83. The van der Waals surface area contributed by atoms with Crippen LogP contribution in [0.5, 0.6) is 0 Å². The van der Waals surface area contributed by atoms with Gasteiger partial charge in [-0.2, -0.15) is 0 Å². The van der Waals surface area contributed by atoms with Gasteiger partial charge in [0.25, 0.3) is 0 Å². The number of hydrogen-bond acceptors (Lipinski definition) is 5. The number of amides is 3. The number of aldehydes is 1. The van der Waals surface area contributed by atoms with Crippen molar-refractivity contribution in [2.75, 3.05) is 13.1 Å². The Kier molecular flexibility index (Phi) is 9.93. The second-order valence-electron chi connectivity index (χ2n) is 8.80. The molecule has 10 nitrogen and oxygen atoms in total. The monoisotopic (exact) mass is 450 g/mol. The first kappa shape index (κ1) is 25.6. The molecule has 1 saturated carbocycles. The highest BCUT2D eigenvalue weighted by Gasteiger charge is 2.42. The van der Waals surface area contributed by atoms with E-state index in [1.54, 1.807) is 16.7 Å². The Morgan fingerprint density at radius 1 is 1.16 bits per heavy atom. The Hall–Kier alpha value is -2.65. The summed E-state index contributed by atoms with van der Waals surface area (Å²) in [5, 5.41) is 2.60. The number of guanidine groups is 1. The first-order valence-electron chi connectivity index (χ1n) is 11.7. The van der Waals surface area contributed by atoms with Gasteiger partial charge in [0.15, 0.2) is 5.96 Å². The van der Waals surface area contributed by atoms with Crippen LogP contribution in [0, 0.1) is 0 Å². The minimum Gasteiger partial charge on any atom is -0.370 e. The van der Waals surface area contributed by atoms with Crippen LogP contribution in [0.1, 0.15) is 71.6 Å². The van der Waals surface area contributed by atoms with Crippen molar-refractivity contribution in [2.45, 2.75) is 95.8 Å². The Labute approximate surface area is 190 Å². The Morgan fingerprint density at radius 2 is 1.84 bits per heavy atom. The largest absolute Gasteiger partial charge is 0.370 e. The summed E-state index contributed by atoms with van der Waals surface area (Å²) in [4.78, 5) is 57.4. The van der Waals surface area contributed by atoms with Gasteiger partial charge in [0.1, 0.15) is 18.4 Å². The molecule has 1 heterocycles. The summed E-state index contributed by atoms with van der Waals surface area (Å²) in [5.41, 5.74) is 10.8. The molecule has 2 fully saturated rings. The van der Waals surface area contributed by atoms with E-state index in [1.165, 1.54) is 6.92 Å². The van der Waals surface area contributed by atoms with Gasteiger partial charge in [-0.1, -0.05) is 19.3 Å². The van der Waals surface area contributed by atoms with Crippen molar-refractivity contribution >= 4 is 30.0 Å². The first-order chi connectivity index (χ1) is 15.3. The molecule has 2 rings (SSSR count). The number of rotatable bonds is 10. The molecule has 0 bridgehead atoms. The van der Waals surface area contributed by atoms with Gasteiger partial charge in [-0.05, 0) is 45.4 Å². The number of nitrogens with one attached hydrogen (secondary N) is 1. The molecule has 1 aliphatic carbocycles. The number of nitrogens with zero attached hydrogens (tertiary/aromatic N) is 3. The van der Waals surface area contributed by atoms with Crippen LogP contribution in [0.3, 0.4) is 0 Å². The number of aliphatic imine (C=N–C) groups is 1. The van der Waals surface area contributed by atoms with Crippen LogP contribution in [0.2, 0.25) is 0 Å². The molecule has 1 aliphatic heterocycles. The van der Waals surface area contributed by atoms with Crippen LogP contribution in [0.25, 0.3) is 0 Å². The average molecular weight is 451 g/mol. The van der Waals surface area contributed by atoms with Crippen LogP contribution >= 0.6 is 0 Å². The van der Waals surface area contributed by atoms with E-state index in [0.717, 1.165) is 38.4 Å². The molecule has 5 N–H and O–H groups in total. The highest BCUT2D eigenvalue weighted by molar-refractivity contribution is 5.93. The lowest BCUT2D eigenvalue weighted by atomic mass is 9.91. The van der Waals surface area contributed by atoms with Gasteiger partial charge >= 0.3 is 0 Å². The maximum absolute atomic E-state index is 13.8. The zero-order valence-corrected chi connectivity index (χ0v) is 19.3. The topological polar surface area (TPSA) is 151 Å². The average Bonchev–Trinajstić information content (AvgIpc) is 3.24. The van der Waals surface area contributed by atoms with Gasteiger partial charge < -0.3 is 31.4 Å². The molecule has 0 aromatic heterocycles. The van der Waals surface area contributed by atoms with Crippen LogP contribution in [-0.4, -0.2) is 77.0 Å². The minimum atomic E-state index is -0.703. The van der Waals surface area contributed by atoms with Crippen molar-refractivity contribution in [3.05, 3.63) is 0 Å². The van der Waals surface area contributed by atoms with Crippen molar-refractivity contribution in [3.63, 3.8) is 0 Å². The molecule has 10 heteroatoms. The molecule has 2 aliphatic rings. The summed E-state index contributed by atoms with van der Waals surface area (Å²) in [6.07, 6.45) is 8.00. The van der Waals surface area contributed by atoms with E-state index in [1.807, 2.05) is 0 Å². The molecule has 0 radical (unpaired) electrons. The third kappa shape index (κ3) is 6.93. The van der Waals surface area contributed by atoms with Crippen molar-refractivity contribution in [2.24, 2.45) is 16.5 Å². The number of carbonyl (C=O) groups excluding carboxylic acids is 4. The smallest absolute Gasteiger partial charge is 0.246 e. The van der Waals surface area contributed by atoms with Gasteiger partial charge in [0, 0.05) is 26.1 Å². The summed E-state index contributed by atoms with van der Waals surface area (Å²) in [6.45, 7) is 3.84. The molecule has 0 spiro atoms. The van der Waals surface area contributed by atoms with Crippen molar-refractivity contribution in [1.29, 1.82) is 0 Å². The van der Waals surface area contributed by atoms with E-state index in [9.17, 15) is 19.2 Å². The Balaban J connectivity index is 2.20. The zero-order chi connectivity index (χ0) is 23.7. The molecular weight excluding hydrogens is 412 g/mol. The third-order valence-corrected chi connectivity index (χ3v) is 6.30. The van der Waals surface area contributed by atoms with Gasteiger partial charge in [0.2, 0.25) is 17.7 Å². The molecule has 0 aromatic carbocycles. The molecule has 3 amide bonds. The van der Waals surface area contributed by atoms with Crippen LogP contribution in [-0.2, 0) is 19.2 Å². The lowest BCUT2D eigenvalue weighted by Crippen LogP contribution is -2.57. The van der Waals surface area contributed by atoms with Gasteiger partial charge in [-0.3, -0.25) is 19.4 Å². The van der Waals surface area contributed by atoms with Crippen molar-refractivity contribution in [1.82, 2.24) is 15.1 Å². The summed E-state index contributed by atoms with van der Waals surface area (Å²) in [5.74, 6) is -0.730. The predicted molar refractivity (Wildman–Crippen MR) is 121 cm³/mol. The summed E-state index contributed by atoms with van der Waals surface area (Å²) < 4.78 is 0. The molecule has 3 atom stereocenters. The quantitative estimate of drug-likeness (QED) is 0.188. The lowest BCUT2D eigenvalue weighted by Gasteiger charge is -2.41. The fraction of sp³-hybridized carbons (Fsp3) is 0.773. The van der Waals surface area contributed by atoms with Crippen LogP contribution < -0.4 is 16.8 Å². The third-order valence-electron chi connectivity index (χ3n) is 6.30. The predicted octanol–water partition coefficient (Wildman–Crippen LogP) is 0.284. The van der Waals surface area contributed by atoms with Gasteiger partial charge in [-0.25, -0.2) is 0 Å². The zero-order valence-electron chi connectivity index (χ0n) is 19.3. The maximum Gasteiger partial charge on any atom is 0.246 e. The standard InChI is InChI=1S/C22H38N6O4/c1-15(26-16(2)30)20(31)27-13-7-11-19(27)21(32)28(17-8-4-3-5-9-17)18(14-29)10-6-12-25-22(23)24/h14-15,17-19H,3-13H2,1-2H3,(H,26,30)(H4,23,24,25)/t15-,18-,19-/m0/s1. The molecule has 32 heavy (non-hydrogen) atoms. The highest BCUT2D eigenvalue weighted by Crippen LogP contribution is 2.29. The summed E-state index contributed by atoms with van der Waals surface area (Å²) in [6, 6.07) is -1.91. The van der Waals surface area contributed by atoms with Crippen molar-refractivity contribution < 1.29 is 19.2 Å². The maximum atomic E-state index is 13.8. The van der Waals surface area contributed by atoms with E-state index in [0.29, 0.717) is 38.8 Å². The van der Waals surface area contributed by atoms with Gasteiger partial charge in [-0.15, -0.1) is 0 Å². The molecule has 180 valence electrons. The molecule has 1 saturated heterocycles. The van der Waals surface area contributed by atoms with E-state index in [-0.39, 0.29) is 29.7 Å². The lowest BCUT2D eigenvalue weighted by molar-refractivity contribution is -0.150. The van der Waals surface area contributed by atoms with E-state index in [4.69, 9.17) is 11.5 Å². The molecular formula is C22H38N6O4. The Bertz CT molecular complexity index is 703. The number of hydrogen-bond donors (Lipinski definition) is 3. The first-order valence-corrected chi connectivity index (χ1v) is 11.7. The van der Waals surface area contributed by atoms with E-state index in [2.05, 4.69) is 10.3 Å². The van der Waals surface area contributed by atoms with E-state index >= 15 is 0 Å².